The Kier molecular flexibility index (Phi) is 8.50. The molecule has 318 valence electrons. The Morgan fingerprint density at radius 3 is 1.63 bits per heavy atom. The predicted molar refractivity (Wildman–Crippen MR) is 279 cm³/mol. The Bertz CT molecular complexity index is 3900. The summed E-state index contributed by atoms with van der Waals surface area (Å²) in [5, 5.41) is 2.29. The summed E-state index contributed by atoms with van der Waals surface area (Å²) in [6, 6.07) is 88.5. The molecule has 0 amide bonds. The predicted octanol–water partition coefficient (Wildman–Crippen LogP) is 17.7. The second-order valence-electron chi connectivity index (χ2n) is 17.9. The topological polar surface area (TPSA) is 29.5 Å². The van der Waals surface area contributed by atoms with Gasteiger partial charge in [-0.1, -0.05) is 176 Å². The molecular formula is C65H41NO2. The number of nitrogens with zero attached hydrogens (tertiary/aromatic N) is 1. The van der Waals surface area contributed by atoms with Crippen molar-refractivity contribution < 1.29 is 8.83 Å². The summed E-state index contributed by atoms with van der Waals surface area (Å²) in [5.74, 6) is 0.856. The molecule has 68 heavy (non-hydrogen) atoms. The van der Waals surface area contributed by atoms with Gasteiger partial charge in [0.25, 0.3) is 0 Å². The van der Waals surface area contributed by atoms with Gasteiger partial charge in [0.2, 0.25) is 0 Å². The summed E-state index contributed by atoms with van der Waals surface area (Å²) in [7, 11) is 0. The normalized spacial score (nSPS) is 14.2. The summed E-state index contributed by atoms with van der Waals surface area (Å²) >= 11 is 0. The molecule has 0 fully saturated rings. The number of fused-ring (bicyclic) bond motifs is 16. The van der Waals surface area contributed by atoms with Crippen molar-refractivity contribution in [3.05, 3.63) is 271 Å². The van der Waals surface area contributed by atoms with Crippen LogP contribution in [-0.4, -0.2) is 0 Å². The summed E-state index contributed by atoms with van der Waals surface area (Å²) in [6.45, 7) is 0. The lowest BCUT2D eigenvalue weighted by atomic mass is 9.65. The van der Waals surface area contributed by atoms with E-state index in [9.17, 15) is 0 Å². The zero-order valence-corrected chi connectivity index (χ0v) is 36.9. The third-order valence-electron chi connectivity index (χ3n) is 14.4. The van der Waals surface area contributed by atoms with Crippen molar-refractivity contribution in [1.29, 1.82) is 0 Å². The molecule has 14 rings (SSSR count). The first kappa shape index (κ1) is 38.4. The highest BCUT2D eigenvalue weighted by Crippen LogP contribution is 2.63. The van der Waals surface area contributed by atoms with E-state index in [4.69, 9.17) is 8.83 Å². The zero-order chi connectivity index (χ0) is 44.8. The maximum Gasteiger partial charge on any atom is 0.136 e. The van der Waals surface area contributed by atoms with Crippen LogP contribution >= 0.6 is 0 Å². The number of para-hydroxylation sites is 1. The smallest absolute Gasteiger partial charge is 0.136 e. The maximum absolute atomic E-state index is 6.62. The van der Waals surface area contributed by atoms with E-state index in [0.29, 0.717) is 0 Å². The van der Waals surface area contributed by atoms with Crippen molar-refractivity contribution >= 4 is 39.0 Å². The lowest BCUT2D eigenvalue weighted by Gasteiger charge is -2.36. The second-order valence-corrected chi connectivity index (χ2v) is 17.9. The van der Waals surface area contributed by atoms with Gasteiger partial charge in [0.1, 0.15) is 16.9 Å². The van der Waals surface area contributed by atoms with Crippen LogP contribution in [0.15, 0.2) is 258 Å². The van der Waals surface area contributed by atoms with Crippen molar-refractivity contribution in [2.24, 2.45) is 0 Å². The Labute approximate surface area is 394 Å². The molecule has 0 radical (unpaired) electrons. The minimum absolute atomic E-state index is 0.689. The highest BCUT2D eigenvalue weighted by molar-refractivity contribution is 6.16. The highest BCUT2D eigenvalue weighted by Gasteiger charge is 2.50. The fourth-order valence-electron chi connectivity index (χ4n) is 11.5. The first-order chi connectivity index (χ1) is 33.7. The largest absolute Gasteiger partial charge is 0.464 e. The lowest BCUT2D eigenvalue weighted by molar-refractivity contribution is 0.582. The lowest BCUT2D eigenvalue weighted by Crippen LogP contribution is -2.29. The fraction of sp³-hybridized carbons (Fsp3) is 0.0154. The number of anilines is 3. The molecule has 0 saturated carbocycles. The van der Waals surface area contributed by atoms with Gasteiger partial charge in [-0.15, -0.1) is 0 Å². The molecule has 12 aromatic rings. The maximum atomic E-state index is 6.62. The van der Waals surface area contributed by atoms with Crippen LogP contribution in [0, 0.1) is 0 Å². The average Bonchev–Trinajstić information content (AvgIpc) is 4.14. The van der Waals surface area contributed by atoms with Crippen LogP contribution in [0.3, 0.4) is 0 Å². The van der Waals surface area contributed by atoms with Crippen molar-refractivity contribution in [3.8, 4) is 67.0 Å². The quantitative estimate of drug-likeness (QED) is 0.167. The molecule has 1 unspecified atom stereocenters. The Balaban J connectivity index is 1.03. The van der Waals surface area contributed by atoms with Gasteiger partial charge in [0.15, 0.2) is 0 Å². The monoisotopic (exact) mass is 867 g/mol. The van der Waals surface area contributed by atoms with Crippen molar-refractivity contribution in [2.45, 2.75) is 5.41 Å². The fourth-order valence-corrected chi connectivity index (χ4v) is 11.5. The van der Waals surface area contributed by atoms with E-state index in [1.807, 2.05) is 12.1 Å². The molecule has 0 saturated heterocycles. The Hall–Kier alpha value is -8.92. The van der Waals surface area contributed by atoms with Crippen LogP contribution < -0.4 is 4.90 Å². The molecule has 0 aliphatic heterocycles. The number of benzene rings is 10. The number of furan rings is 2. The van der Waals surface area contributed by atoms with E-state index < -0.39 is 5.41 Å². The van der Waals surface area contributed by atoms with Crippen molar-refractivity contribution in [1.82, 2.24) is 0 Å². The molecule has 3 heteroatoms. The molecule has 1 spiro atoms. The van der Waals surface area contributed by atoms with E-state index in [1.54, 1.807) is 6.26 Å². The first-order valence-electron chi connectivity index (χ1n) is 23.3. The van der Waals surface area contributed by atoms with E-state index in [2.05, 4.69) is 235 Å². The van der Waals surface area contributed by atoms with Crippen LogP contribution in [0.5, 0.6) is 0 Å². The molecule has 0 bridgehead atoms. The van der Waals surface area contributed by atoms with E-state index >= 15 is 0 Å². The Morgan fingerprint density at radius 2 is 0.897 bits per heavy atom. The van der Waals surface area contributed by atoms with Gasteiger partial charge in [0, 0.05) is 33.4 Å². The molecule has 2 heterocycles. The van der Waals surface area contributed by atoms with E-state index in [-0.39, 0.29) is 0 Å². The number of rotatable bonds is 6. The molecule has 2 aliphatic carbocycles. The molecular weight excluding hydrogens is 827 g/mol. The van der Waals surface area contributed by atoms with Crippen LogP contribution in [0.1, 0.15) is 22.3 Å². The van der Waals surface area contributed by atoms with Crippen LogP contribution in [-0.2, 0) is 5.41 Å². The average molecular weight is 868 g/mol. The van der Waals surface area contributed by atoms with Gasteiger partial charge in [-0.2, -0.15) is 0 Å². The van der Waals surface area contributed by atoms with Gasteiger partial charge >= 0.3 is 0 Å². The number of hydrogen-bond acceptors (Lipinski definition) is 3. The SMILES string of the molecule is c1ccc(-c2ccc(N(c3ccc(-c4cccc(-c5ccco5)c4)cc3)c3ccc4c(c3)C3(c5ccccc5-c5ccccc5-4)c4ccccc4-c4c3ccc3oc5ccccc5c43)cc2)cc1. The van der Waals surface area contributed by atoms with E-state index in [1.165, 1.54) is 66.8 Å². The van der Waals surface area contributed by atoms with Crippen molar-refractivity contribution in [2.75, 3.05) is 4.90 Å². The van der Waals surface area contributed by atoms with Crippen molar-refractivity contribution in [3.63, 3.8) is 0 Å². The van der Waals surface area contributed by atoms with Gasteiger partial charge in [0.05, 0.1) is 11.7 Å². The second kappa shape index (κ2) is 15.1. The molecule has 2 aromatic heterocycles. The molecule has 2 aliphatic rings. The summed E-state index contributed by atoms with van der Waals surface area (Å²) < 4.78 is 12.4. The Morgan fingerprint density at radius 1 is 0.324 bits per heavy atom. The third kappa shape index (κ3) is 5.66. The molecule has 0 N–H and O–H groups in total. The first-order valence-corrected chi connectivity index (χ1v) is 23.3. The summed E-state index contributed by atoms with van der Waals surface area (Å²) in [6.07, 6.45) is 1.73. The number of hydrogen-bond donors (Lipinski definition) is 0. The third-order valence-corrected chi connectivity index (χ3v) is 14.4. The van der Waals surface area contributed by atoms with Gasteiger partial charge in [-0.25, -0.2) is 0 Å². The molecule has 1 atom stereocenters. The molecule has 10 aromatic carbocycles. The van der Waals surface area contributed by atoms with Crippen LogP contribution in [0.4, 0.5) is 17.1 Å². The molecule has 3 nitrogen and oxygen atoms in total. The standard InChI is InChI=1S/C65H41NO2/c1-2-14-42(15-3-1)43-27-31-47(32-28-43)66(48-33-29-44(30-34-48)45-16-12-17-46(40-45)60-26-13-39-67-60)49-35-36-53-51-19-5-4-18-50(51)52-20-6-9-23-56(52)65(59(53)41-49)57-24-10-7-21-54(57)63-58(65)37-38-62-64(63)55-22-8-11-25-61(55)68-62/h1-41H. The summed E-state index contributed by atoms with van der Waals surface area (Å²) in [4.78, 5) is 2.42. The van der Waals surface area contributed by atoms with Crippen LogP contribution in [0.25, 0.3) is 88.9 Å². The van der Waals surface area contributed by atoms with Gasteiger partial charge < -0.3 is 13.7 Å². The van der Waals surface area contributed by atoms with Crippen LogP contribution in [0.2, 0.25) is 0 Å². The highest BCUT2D eigenvalue weighted by atomic mass is 16.3. The van der Waals surface area contributed by atoms with Gasteiger partial charge in [-0.3, -0.25) is 0 Å². The summed E-state index contributed by atoms with van der Waals surface area (Å²) in [5.41, 5.74) is 22.4. The van der Waals surface area contributed by atoms with E-state index in [0.717, 1.165) is 61.5 Å². The minimum Gasteiger partial charge on any atom is -0.464 e. The minimum atomic E-state index is -0.689. The zero-order valence-electron chi connectivity index (χ0n) is 36.9. The van der Waals surface area contributed by atoms with Gasteiger partial charge in [-0.05, 0) is 145 Å².